The second-order valence-electron chi connectivity index (χ2n) is 10.7. The summed E-state index contributed by atoms with van der Waals surface area (Å²) in [6, 6.07) is 11.2. The number of hydrogen-bond acceptors (Lipinski definition) is 8. The van der Waals surface area contributed by atoms with Gasteiger partial charge in [0, 0.05) is 41.0 Å². The molecule has 1 aromatic heterocycles. The lowest BCUT2D eigenvalue weighted by Gasteiger charge is -2.16. The summed E-state index contributed by atoms with van der Waals surface area (Å²) in [7, 11) is 2.39. The number of fused-ring (bicyclic) bond motifs is 1. The van der Waals surface area contributed by atoms with Gasteiger partial charge in [-0.3, -0.25) is 19.2 Å². The minimum Gasteiger partial charge on any atom is -0.480 e. The minimum atomic E-state index is -1.19. The normalized spacial score (nSPS) is 14.1. The van der Waals surface area contributed by atoms with E-state index in [2.05, 4.69) is 25.7 Å². The SMILES string of the molecule is COC(=O)CC[C@@H](NC(=O)c1c(C)[nH]c(/C=C2\C(=O)Nc3ccc(C(=O)N[C@H](Cc4ccccc4)C(=O)O)cc32)c1C)C(=O)OC. The van der Waals surface area contributed by atoms with Gasteiger partial charge in [0.05, 0.1) is 25.4 Å². The Kier molecular flexibility index (Phi) is 10.4. The average Bonchev–Trinajstić information content (AvgIpc) is 3.51. The van der Waals surface area contributed by atoms with Gasteiger partial charge in [-0.1, -0.05) is 30.3 Å². The fourth-order valence-corrected chi connectivity index (χ4v) is 5.15. The van der Waals surface area contributed by atoms with E-state index in [0.717, 1.165) is 5.56 Å². The van der Waals surface area contributed by atoms with Gasteiger partial charge in [-0.15, -0.1) is 0 Å². The number of nitrogens with one attached hydrogen (secondary N) is 4. The molecule has 2 heterocycles. The summed E-state index contributed by atoms with van der Waals surface area (Å²) >= 11 is 0. The summed E-state index contributed by atoms with van der Waals surface area (Å²) < 4.78 is 9.39. The maximum Gasteiger partial charge on any atom is 0.328 e. The van der Waals surface area contributed by atoms with Crippen LogP contribution in [0.25, 0.3) is 11.6 Å². The summed E-state index contributed by atoms with van der Waals surface area (Å²) in [6.07, 6.45) is 1.49. The quantitative estimate of drug-likeness (QED) is 0.148. The first-order valence-electron chi connectivity index (χ1n) is 14.3. The van der Waals surface area contributed by atoms with Gasteiger partial charge < -0.3 is 35.5 Å². The third-order valence-corrected chi connectivity index (χ3v) is 7.60. The van der Waals surface area contributed by atoms with Crippen LogP contribution in [0.15, 0.2) is 48.5 Å². The van der Waals surface area contributed by atoms with Crippen LogP contribution in [0.1, 0.15) is 61.6 Å². The second kappa shape index (κ2) is 14.4. The van der Waals surface area contributed by atoms with Gasteiger partial charge in [0.2, 0.25) is 0 Å². The van der Waals surface area contributed by atoms with E-state index >= 15 is 0 Å². The molecule has 0 fully saturated rings. The van der Waals surface area contributed by atoms with E-state index < -0.39 is 47.7 Å². The Hall–Kier alpha value is -5.72. The Morgan fingerprint density at radius 3 is 2.28 bits per heavy atom. The minimum absolute atomic E-state index is 0.0309. The zero-order valence-corrected chi connectivity index (χ0v) is 25.7. The Labute approximate surface area is 264 Å². The van der Waals surface area contributed by atoms with Crippen LogP contribution in [0.3, 0.4) is 0 Å². The number of aryl methyl sites for hydroxylation is 1. The Bertz CT molecular complexity index is 1730. The fourth-order valence-electron chi connectivity index (χ4n) is 5.15. The van der Waals surface area contributed by atoms with Crippen molar-refractivity contribution < 1.29 is 43.3 Å². The van der Waals surface area contributed by atoms with Gasteiger partial charge in [0.1, 0.15) is 12.1 Å². The number of rotatable bonds is 12. The smallest absolute Gasteiger partial charge is 0.328 e. The van der Waals surface area contributed by atoms with Crippen molar-refractivity contribution in [3.8, 4) is 0 Å². The van der Waals surface area contributed by atoms with Gasteiger partial charge in [-0.25, -0.2) is 9.59 Å². The molecule has 46 heavy (non-hydrogen) atoms. The van der Waals surface area contributed by atoms with E-state index in [1.165, 1.54) is 26.4 Å². The lowest BCUT2D eigenvalue weighted by molar-refractivity contribution is -0.144. The third kappa shape index (κ3) is 7.49. The zero-order chi connectivity index (χ0) is 33.5. The van der Waals surface area contributed by atoms with Crippen molar-refractivity contribution in [3.05, 3.63) is 87.7 Å². The highest BCUT2D eigenvalue weighted by atomic mass is 16.5. The van der Waals surface area contributed by atoms with Gasteiger partial charge in [-0.05, 0) is 55.7 Å². The molecular formula is C33H34N4O9. The molecule has 2 atom stereocenters. The van der Waals surface area contributed by atoms with Gasteiger partial charge in [-0.2, -0.15) is 0 Å². The summed E-state index contributed by atoms with van der Waals surface area (Å²) in [5, 5.41) is 17.6. The average molecular weight is 631 g/mol. The first-order chi connectivity index (χ1) is 21.9. The summed E-state index contributed by atoms with van der Waals surface area (Å²) in [6.45, 7) is 3.33. The number of carbonyl (C=O) groups is 6. The van der Waals surface area contributed by atoms with Gasteiger partial charge in [0.15, 0.2) is 0 Å². The second-order valence-corrected chi connectivity index (χ2v) is 10.7. The summed E-state index contributed by atoms with van der Waals surface area (Å²) in [4.78, 5) is 78.3. The van der Waals surface area contributed by atoms with Gasteiger partial charge >= 0.3 is 17.9 Å². The third-order valence-electron chi connectivity index (χ3n) is 7.60. The zero-order valence-electron chi connectivity index (χ0n) is 25.7. The molecule has 0 saturated heterocycles. The fraction of sp³-hybridized carbons (Fsp3) is 0.273. The molecular weight excluding hydrogens is 596 g/mol. The molecule has 0 aliphatic carbocycles. The molecule has 0 radical (unpaired) electrons. The Morgan fingerprint density at radius 1 is 0.935 bits per heavy atom. The lowest BCUT2D eigenvalue weighted by Crippen LogP contribution is -2.42. The molecule has 0 bridgehead atoms. The molecule has 13 nitrogen and oxygen atoms in total. The highest BCUT2D eigenvalue weighted by Gasteiger charge is 2.29. The maximum absolute atomic E-state index is 13.3. The molecule has 5 N–H and O–H groups in total. The van der Waals surface area contributed by atoms with Crippen molar-refractivity contribution in [1.82, 2.24) is 15.6 Å². The molecule has 0 spiro atoms. The number of hydrogen-bond donors (Lipinski definition) is 5. The van der Waals surface area contributed by atoms with E-state index in [-0.39, 0.29) is 36.0 Å². The highest BCUT2D eigenvalue weighted by Crippen LogP contribution is 2.35. The monoisotopic (exact) mass is 630 g/mol. The molecule has 4 rings (SSSR count). The lowest BCUT2D eigenvalue weighted by atomic mass is 10.0. The Morgan fingerprint density at radius 2 is 1.63 bits per heavy atom. The molecule has 240 valence electrons. The summed E-state index contributed by atoms with van der Waals surface area (Å²) in [5.41, 5.74) is 3.61. The number of esters is 2. The van der Waals surface area contributed by atoms with Crippen LogP contribution in [0.2, 0.25) is 0 Å². The number of carboxylic acids is 1. The maximum atomic E-state index is 13.3. The van der Waals surface area contributed by atoms with E-state index in [4.69, 9.17) is 4.74 Å². The van der Waals surface area contributed by atoms with E-state index in [1.807, 2.05) is 6.07 Å². The number of aromatic amines is 1. The number of methoxy groups -OCH3 is 2. The van der Waals surface area contributed by atoms with Crippen LogP contribution in [0, 0.1) is 13.8 Å². The van der Waals surface area contributed by atoms with Crippen molar-refractivity contribution in [2.75, 3.05) is 19.5 Å². The summed E-state index contributed by atoms with van der Waals surface area (Å²) in [5.74, 6) is -4.10. The van der Waals surface area contributed by atoms with E-state index in [0.29, 0.717) is 28.2 Å². The number of aromatic nitrogens is 1. The van der Waals surface area contributed by atoms with Crippen molar-refractivity contribution in [2.24, 2.45) is 0 Å². The topological polar surface area (TPSA) is 193 Å². The molecule has 0 saturated carbocycles. The standard InChI is InChI=1S/C33H34N4O9/c1-17-25(34-18(2)28(17)31(41)36-24(33(44)46-4)12-13-27(38)45-3)16-22-21-15-20(10-11-23(21)35-30(22)40)29(39)37-26(32(42)43)14-19-8-6-5-7-9-19/h5-11,15-16,24,26,34H,12-14H2,1-4H3,(H,35,40)(H,36,41)(H,37,39)(H,42,43)/b22-16-/t24-,26-/m1/s1. The number of H-pyrrole nitrogens is 1. The number of benzene rings is 2. The molecule has 3 aromatic rings. The Balaban J connectivity index is 1.58. The predicted octanol–water partition coefficient (Wildman–Crippen LogP) is 2.77. The molecule has 0 unspecified atom stereocenters. The van der Waals surface area contributed by atoms with Crippen molar-refractivity contribution >= 4 is 53.0 Å². The number of carbonyl (C=O) groups excluding carboxylic acids is 5. The largest absolute Gasteiger partial charge is 0.480 e. The van der Waals surface area contributed by atoms with Crippen LogP contribution in [-0.2, 0) is 35.1 Å². The van der Waals surface area contributed by atoms with Crippen LogP contribution in [0.4, 0.5) is 5.69 Å². The number of carboxylic acid groups (broad SMARTS) is 1. The number of amides is 3. The number of ether oxygens (including phenoxy) is 2. The first-order valence-corrected chi connectivity index (χ1v) is 14.3. The van der Waals surface area contributed by atoms with E-state index in [1.54, 1.807) is 50.3 Å². The predicted molar refractivity (Wildman–Crippen MR) is 167 cm³/mol. The van der Waals surface area contributed by atoms with E-state index in [9.17, 15) is 33.9 Å². The van der Waals surface area contributed by atoms with Crippen molar-refractivity contribution in [2.45, 2.75) is 45.2 Å². The van der Waals surface area contributed by atoms with Gasteiger partial charge in [0.25, 0.3) is 17.7 Å². The van der Waals surface area contributed by atoms with Crippen molar-refractivity contribution in [1.29, 1.82) is 0 Å². The number of anilines is 1. The van der Waals surface area contributed by atoms with Crippen molar-refractivity contribution in [3.63, 3.8) is 0 Å². The molecule has 1 aliphatic heterocycles. The van der Waals surface area contributed by atoms with Crippen LogP contribution in [-0.4, -0.2) is 72.0 Å². The number of aliphatic carboxylic acids is 1. The molecule has 3 amide bonds. The van der Waals surface area contributed by atoms with Crippen LogP contribution >= 0.6 is 0 Å². The van der Waals surface area contributed by atoms with Crippen LogP contribution < -0.4 is 16.0 Å². The van der Waals surface area contributed by atoms with Crippen LogP contribution in [0.5, 0.6) is 0 Å². The molecule has 2 aromatic carbocycles. The molecule has 13 heteroatoms. The highest BCUT2D eigenvalue weighted by molar-refractivity contribution is 6.35. The first kappa shape index (κ1) is 33.2. The molecule has 1 aliphatic rings.